The van der Waals surface area contributed by atoms with E-state index in [-0.39, 0.29) is 12.5 Å². The number of ether oxygens (including phenoxy) is 1. The van der Waals surface area contributed by atoms with Crippen molar-refractivity contribution in [1.29, 1.82) is 0 Å². The number of carbonyl (C=O) groups excluding carboxylic acids is 1. The van der Waals surface area contributed by atoms with Crippen LogP contribution in [0.15, 0.2) is 48.5 Å². The Morgan fingerprint density at radius 3 is 2.48 bits per heavy atom. The fourth-order valence-corrected chi connectivity index (χ4v) is 3.30. The molecular formula is C22H28N2O3. The van der Waals surface area contributed by atoms with E-state index in [1.807, 2.05) is 61.2 Å². The van der Waals surface area contributed by atoms with Crippen molar-refractivity contribution in [3.63, 3.8) is 0 Å². The highest BCUT2D eigenvalue weighted by Gasteiger charge is 2.23. The lowest BCUT2D eigenvalue weighted by Crippen LogP contribution is -2.50. The molecule has 1 fully saturated rings. The minimum atomic E-state index is -0.554. The summed E-state index contributed by atoms with van der Waals surface area (Å²) in [4.78, 5) is 16.6. The second-order valence-electron chi connectivity index (χ2n) is 7.19. The van der Waals surface area contributed by atoms with Crippen LogP contribution >= 0.6 is 0 Å². The molecule has 2 aromatic carbocycles. The van der Waals surface area contributed by atoms with Crippen molar-refractivity contribution in [2.75, 3.05) is 39.3 Å². The van der Waals surface area contributed by atoms with Gasteiger partial charge in [-0.25, -0.2) is 0 Å². The molecule has 0 bridgehead atoms. The number of aliphatic hydroxyl groups is 1. The van der Waals surface area contributed by atoms with E-state index < -0.39 is 6.10 Å². The lowest BCUT2D eigenvalue weighted by atomic mass is 10.1. The smallest absolute Gasteiger partial charge is 0.253 e. The maximum Gasteiger partial charge on any atom is 0.253 e. The molecule has 2 aromatic rings. The SMILES string of the molecule is Cc1ccc(C)c(OCC(O)CN2CCN(C(=O)c3ccccc3)CC2)c1. The molecule has 27 heavy (non-hydrogen) atoms. The van der Waals surface area contributed by atoms with E-state index in [0.717, 1.165) is 35.5 Å². The molecule has 5 heteroatoms. The van der Waals surface area contributed by atoms with Gasteiger partial charge in [0.25, 0.3) is 5.91 Å². The number of aliphatic hydroxyl groups excluding tert-OH is 1. The summed E-state index contributed by atoms with van der Waals surface area (Å²) in [6.45, 7) is 7.74. The summed E-state index contributed by atoms with van der Waals surface area (Å²) in [5, 5.41) is 10.3. The maximum atomic E-state index is 12.5. The number of nitrogens with zero attached hydrogens (tertiary/aromatic N) is 2. The topological polar surface area (TPSA) is 53.0 Å². The summed E-state index contributed by atoms with van der Waals surface area (Å²) < 4.78 is 5.80. The van der Waals surface area contributed by atoms with E-state index in [9.17, 15) is 9.90 Å². The van der Waals surface area contributed by atoms with Crippen LogP contribution in [0.25, 0.3) is 0 Å². The Morgan fingerprint density at radius 2 is 1.78 bits per heavy atom. The van der Waals surface area contributed by atoms with E-state index in [0.29, 0.717) is 19.6 Å². The van der Waals surface area contributed by atoms with Crippen LogP contribution in [0.3, 0.4) is 0 Å². The molecule has 0 saturated carbocycles. The lowest BCUT2D eigenvalue weighted by Gasteiger charge is -2.35. The minimum absolute atomic E-state index is 0.0778. The van der Waals surface area contributed by atoms with Crippen LogP contribution in [0.2, 0.25) is 0 Å². The second kappa shape index (κ2) is 9.02. The first kappa shape index (κ1) is 19.4. The molecular weight excluding hydrogens is 340 g/mol. The number of piperazine rings is 1. The van der Waals surface area contributed by atoms with Gasteiger partial charge in [0.2, 0.25) is 0 Å². The van der Waals surface area contributed by atoms with Crippen molar-refractivity contribution in [1.82, 2.24) is 9.80 Å². The van der Waals surface area contributed by atoms with Crippen LogP contribution in [0.4, 0.5) is 0 Å². The van der Waals surface area contributed by atoms with Gasteiger partial charge in [0.1, 0.15) is 18.5 Å². The summed E-state index contributed by atoms with van der Waals surface area (Å²) in [7, 11) is 0. The van der Waals surface area contributed by atoms with Gasteiger partial charge in [0.05, 0.1) is 0 Å². The molecule has 1 aliphatic heterocycles. The summed E-state index contributed by atoms with van der Waals surface area (Å²) in [5.74, 6) is 0.904. The highest BCUT2D eigenvalue weighted by molar-refractivity contribution is 5.94. The molecule has 1 heterocycles. The molecule has 144 valence electrons. The first-order valence-electron chi connectivity index (χ1n) is 9.48. The molecule has 0 aromatic heterocycles. The predicted octanol–water partition coefficient (Wildman–Crippen LogP) is 2.50. The minimum Gasteiger partial charge on any atom is -0.491 e. The molecule has 1 amide bonds. The van der Waals surface area contributed by atoms with Crippen molar-refractivity contribution >= 4 is 5.91 Å². The van der Waals surface area contributed by atoms with Gasteiger partial charge in [-0.05, 0) is 43.2 Å². The Balaban J connectivity index is 1.43. The Hall–Kier alpha value is -2.37. The average Bonchev–Trinajstić information content (AvgIpc) is 2.69. The van der Waals surface area contributed by atoms with Crippen molar-refractivity contribution in [3.05, 3.63) is 65.2 Å². The molecule has 1 atom stereocenters. The zero-order valence-electron chi connectivity index (χ0n) is 16.1. The van der Waals surface area contributed by atoms with Crippen LogP contribution < -0.4 is 4.74 Å². The molecule has 0 aliphatic carbocycles. The quantitative estimate of drug-likeness (QED) is 0.851. The Labute approximate surface area is 161 Å². The van der Waals surface area contributed by atoms with Gasteiger partial charge in [-0.2, -0.15) is 0 Å². The number of hydrogen-bond donors (Lipinski definition) is 1. The molecule has 0 spiro atoms. The molecule has 3 rings (SSSR count). The summed E-state index contributed by atoms with van der Waals surface area (Å²) in [6, 6.07) is 15.5. The van der Waals surface area contributed by atoms with Gasteiger partial charge in [0, 0.05) is 38.3 Å². The Kier molecular flexibility index (Phi) is 6.48. The van der Waals surface area contributed by atoms with Crippen molar-refractivity contribution in [2.45, 2.75) is 20.0 Å². The monoisotopic (exact) mass is 368 g/mol. The van der Waals surface area contributed by atoms with E-state index >= 15 is 0 Å². The standard InChI is InChI=1S/C22H28N2O3/c1-17-8-9-18(2)21(14-17)27-16-20(25)15-23-10-12-24(13-11-23)22(26)19-6-4-3-5-7-19/h3-9,14,20,25H,10-13,15-16H2,1-2H3. The first-order valence-corrected chi connectivity index (χ1v) is 9.48. The maximum absolute atomic E-state index is 12.5. The predicted molar refractivity (Wildman–Crippen MR) is 106 cm³/mol. The zero-order chi connectivity index (χ0) is 19.2. The van der Waals surface area contributed by atoms with Gasteiger partial charge in [-0.1, -0.05) is 30.3 Å². The average molecular weight is 368 g/mol. The fraction of sp³-hybridized carbons (Fsp3) is 0.409. The van der Waals surface area contributed by atoms with Crippen LogP contribution in [0.5, 0.6) is 5.75 Å². The van der Waals surface area contributed by atoms with Gasteiger partial charge in [-0.3, -0.25) is 9.69 Å². The Morgan fingerprint density at radius 1 is 1.07 bits per heavy atom. The highest BCUT2D eigenvalue weighted by Crippen LogP contribution is 2.19. The third-order valence-electron chi connectivity index (χ3n) is 4.92. The van der Waals surface area contributed by atoms with Crippen LogP contribution in [-0.4, -0.2) is 66.2 Å². The van der Waals surface area contributed by atoms with Crippen molar-refractivity contribution in [3.8, 4) is 5.75 Å². The third kappa shape index (κ3) is 5.31. The van der Waals surface area contributed by atoms with E-state index in [4.69, 9.17) is 4.74 Å². The van der Waals surface area contributed by atoms with E-state index in [1.165, 1.54) is 0 Å². The van der Waals surface area contributed by atoms with E-state index in [1.54, 1.807) is 0 Å². The number of rotatable bonds is 6. The number of benzene rings is 2. The van der Waals surface area contributed by atoms with Crippen LogP contribution in [0.1, 0.15) is 21.5 Å². The normalized spacial score (nSPS) is 16.2. The molecule has 1 unspecified atom stereocenters. The lowest BCUT2D eigenvalue weighted by molar-refractivity contribution is 0.0402. The number of β-amino-alcohol motifs (C(OH)–C–C–N with tert-alkyl or cyclic N) is 1. The summed E-state index contributed by atoms with van der Waals surface area (Å²) >= 11 is 0. The van der Waals surface area contributed by atoms with Crippen molar-refractivity contribution < 1.29 is 14.6 Å². The van der Waals surface area contributed by atoms with Crippen LogP contribution in [0, 0.1) is 13.8 Å². The largest absolute Gasteiger partial charge is 0.491 e. The van der Waals surface area contributed by atoms with Gasteiger partial charge in [-0.15, -0.1) is 0 Å². The first-order chi connectivity index (χ1) is 13.0. The van der Waals surface area contributed by atoms with E-state index in [2.05, 4.69) is 11.0 Å². The second-order valence-corrected chi connectivity index (χ2v) is 7.19. The number of amides is 1. The molecule has 0 radical (unpaired) electrons. The Bertz CT molecular complexity index is 755. The zero-order valence-corrected chi connectivity index (χ0v) is 16.1. The van der Waals surface area contributed by atoms with Crippen molar-refractivity contribution in [2.24, 2.45) is 0 Å². The number of aryl methyl sites for hydroxylation is 2. The molecule has 5 nitrogen and oxygen atoms in total. The van der Waals surface area contributed by atoms with Gasteiger partial charge in [0.15, 0.2) is 0 Å². The third-order valence-corrected chi connectivity index (χ3v) is 4.92. The number of carbonyl (C=O) groups is 1. The molecule has 1 aliphatic rings. The van der Waals surface area contributed by atoms with Crippen LogP contribution in [-0.2, 0) is 0 Å². The fourth-order valence-electron chi connectivity index (χ4n) is 3.30. The van der Waals surface area contributed by atoms with Gasteiger partial charge < -0.3 is 14.7 Å². The summed E-state index contributed by atoms with van der Waals surface area (Å²) in [6.07, 6.45) is -0.554. The molecule has 1 N–H and O–H groups in total. The number of hydrogen-bond acceptors (Lipinski definition) is 4. The molecule has 1 saturated heterocycles. The van der Waals surface area contributed by atoms with Gasteiger partial charge >= 0.3 is 0 Å². The highest BCUT2D eigenvalue weighted by atomic mass is 16.5. The summed E-state index contributed by atoms with van der Waals surface area (Å²) in [5.41, 5.74) is 2.94.